The molecule has 41 heavy (non-hydrogen) atoms. The third kappa shape index (κ3) is 5.54. The summed E-state index contributed by atoms with van der Waals surface area (Å²) in [7, 11) is 0. The number of aromatic nitrogens is 1. The number of aryl methyl sites for hydroxylation is 2. The van der Waals surface area contributed by atoms with Crippen LogP contribution >= 0.6 is 11.3 Å². The highest BCUT2D eigenvalue weighted by Gasteiger charge is 2.45. The van der Waals surface area contributed by atoms with E-state index in [2.05, 4.69) is 18.5 Å². The normalized spacial score (nSPS) is 14.4. The molecule has 212 valence electrons. The monoisotopic (exact) mass is 572 g/mol. The second kappa shape index (κ2) is 12.1. The number of unbranched alkanes of at least 4 members (excludes halogenated alkanes) is 3. The average molecular weight is 573 g/mol. The molecule has 3 heterocycles. The number of thiazole rings is 1. The molecule has 8 nitrogen and oxygen atoms in total. The Bertz CT molecular complexity index is 1670. The first kappa shape index (κ1) is 28.3. The minimum atomic E-state index is -0.806. The molecule has 1 aliphatic heterocycles. The van der Waals surface area contributed by atoms with Gasteiger partial charge in [-0.2, -0.15) is 0 Å². The molecule has 0 fully saturated rings. The lowest BCUT2D eigenvalue weighted by Gasteiger charge is -2.22. The average Bonchev–Trinajstić information content (AvgIpc) is 3.49. The Balaban J connectivity index is 1.57. The zero-order valence-electron chi connectivity index (χ0n) is 23.4. The van der Waals surface area contributed by atoms with Gasteiger partial charge in [-0.25, -0.2) is 9.78 Å². The molecule has 0 saturated carbocycles. The molecule has 2 aromatic heterocycles. The minimum Gasteiger partial charge on any atom is -0.494 e. The van der Waals surface area contributed by atoms with E-state index in [1.165, 1.54) is 17.4 Å². The zero-order valence-corrected chi connectivity index (χ0v) is 24.2. The topological polar surface area (TPSA) is 98.9 Å². The molecule has 1 amide bonds. The van der Waals surface area contributed by atoms with Gasteiger partial charge < -0.3 is 13.9 Å². The molecule has 0 bridgehead atoms. The lowest BCUT2D eigenvalue weighted by atomic mass is 9.98. The maximum Gasteiger partial charge on any atom is 0.350 e. The Morgan fingerprint density at radius 1 is 1.12 bits per heavy atom. The molecule has 2 aromatic carbocycles. The summed E-state index contributed by atoms with van der Waals surface area (Å²) in [6.07, 6.45) is 5.90. The molecule has 0 N–H and O–H groups in total. The fourth-order valence-electron chi connectivity index (χ4n) is 4.94. The molecule has 0 radical (unpaired) electrons. The van der Waals surface area contributed by atoms with E-state index in [0.717, 1.165) is 36.2 Å². The maximum atomic E-state index is 13.9. The lowest BCUT2D eigenvalue weighted by molar-refractivity contribution is 0.0554. The first-order valence-corrected chi connectivity index (χ1v) is 14.5. The number of nitrogens with zero attached hydrogens (tertiary/aromatic N) is 2. The van der Waals surface area contributed by atoms with Gasteiger partial charge >= 0.3 is 5.97 Å². The van der Waals surface area contributed by atoms with Gasteiger partial charge in [-0.15, -0.1) is 0 Å². The highest BCUT2D eigenvalue weighted by molar-refractivity contribution is 7.17. The summed E-state index contributed by atoms with van der Waals surface area (Å²) in [5, 5.41) is 0.671. The van der Waals surface area contributed by atoms with Crippen molar-refractivity contribution in [2.75, 3.05) is 18.1 Å². The van der Waals surface area contributed by atoms with Crippen molar-refractivity contribution in [3.63, 3.8) is 0 Å². The Morgan fingerprint density at radius 2 is 1.90 bits per heavy atom. The molecule has 1 atom stereocenters. The molecule has 4 aromatic rings. The fourth-order valence-corrected chi connectivity index (χ4v) is 5.93. The highest BCUT2D eigenvalue weighted by atomic mass is 32.1. The first-order chi connectivity index (χ1) is 19.8. The van der Waals surface area contributed by atoms with Crippen LogP contribution in [0.15, 0.2) is 64.3 Å². The van der Waals surface area contributed by atoms with Crippen LogP contribution in [0.1, 0.15) is 81.3 Å². The summed E-state index contributed by atoms with van der Waals surface area (Å²) in [5.74, 6) is -0.376. The molecular formula is C32H32N2O6S. The van der Waals surface area contributed by atoms with E-state index in [-0.39, 0.29) is 33.4 Å². The van der Waals surface area contributed by atoms with Gasteiger partial charge in [0, 0.05) is 0 Å². The largest absolute Gasteiger partial charge is 0.494 e. The smallest absolute Gasteiger partial charge is 0.350 e. The second-order valence-electron chi connectivity index (χ2n) is 10.0. The number of rotatable bonds is 11. The van der Waals surface area contributed by atoms with Gasteiger partial charge in [0.25, 0.3) is 5.91 Å². The lowest BCUT2D eigenvalue weighted by Crippen LogP contribution is -2.29. The Morgan fingerprint density at radius 3 is 2.63 bits per heavy atom. The standard InChI is InChI=1S/C32H32N2O6S/c1-5-7-8-9-17-38-22-13-11-21(12-14-22)26-25-27(35)23-18-19(3)10-15-24(23)40-28(25)30(36)34(26)32-33-20(4)29(41-32)31(37)39-16-6-2/h6,10-15,18,26H,2,5,7-9,16-17H2,1,3-4H3. The van der Waals surface area contributed by atoms with Crippen LogP contribution in [0.3, 0.4) is 0 Å². The van der Waals surface area contributed by atoms with Crippen LogP contribution < -0.4 is 15.1 Å². The van der Waals surface area contributed by atoms with Gasteiger partial charge in [0.15, 0.2) is 10.6 Å². The first-order valence-electron chi connectivity index (χ1n) is 13.7. The molecule has 0 spiro atoms. The number of ether oxygens (including phenoxy) is 2. The molecule has 1 aliphatic rings. The number of carbonyl (C=O) groups excluding carboxylic acids is 2. The van der Waals surface area contributed by atoms with Gasteiger partial charge in [-0.3, -0.25) is 14.5 Å². The number of amides is 1. The Labute approximate surface area is 242 Å². The number of fused-ring (bicyclic) bond motifs is 2. The number of anilines is 1. The summed E-state index contributed by atoms with van der Waals surface area (Å²) < 4.78 is 17.2. The van der Waals surface area contributed by atoms with Crippen molar-refractivity contribution in [1.29, 1.82) is 0 Å². The van der Waals surface area contributed by atoms with Crippen molar-refractivity contribution in [2.45, 2.75) is 52.5 Å². The molecular weight excluding hydrogens is 540 g/mol. The van der Waals surface area contributed by atoms with Crippen molar-refractivity contribution in [1.82, 2.24) is 4.98 Å². The van der Waals surface area contributed by atoms with Gasteiger partial charge in [0.05, 0.1) is 29.3 Å². The van der Waals surface area contributed by atoms with Crippen molar-refractivity contribution < 1.29 is 23.5 Å². The summed E-state index contributed by atoms with van der Waals surface area (Å²) >= 11 is 1.04. The van der Waals surface area contributed by atoms with Crippen LogP contribution in [0.5, 0.6) is 5.75 Å². The number of hydrogen-bond acceptors (Lipinski definition) is 8. The second-order valence-corrected chi connectivity index (χ2v) is 11.0. The summed E-state index contributed by atoms with van der Waals surface area (Å²) in [6.45, 7) is 9.99. The summed E-state index contributed by atoms with van der Waals surface area (Å²) in [4.78, 5) is 46.7. The minimum absolute atomic E-state index is 0.0313. The third-order valence-electron chi connectivity index (χ3n) is 7.00. The van der Waals surface area contributed by atoms with E-state index in [1.807, 2.05) is 37.3 Å². The molecule has 0 saturated heterocycles. The van der Waals surface area contributed by atoms with E-state index >= 15 is 0 Å². The van der Waals surface area contributed by atoms with E-state index < -0.39 is 17.9 Å². The van der Waals surface area contributed by atoms with Crippen LogP contribution in [-0.4, -0.2) is 30.1 Å². The van der Waals surface area contributed by atoms with Gasteiger partial charge in [-0.05, 0) is 50.1 Å². The summed E-state index contributed by atoms with van der Waals surface area (Å²) in [6, 6.07) is 11.9. The number of esters is 1. The zero-order chi connectivity index (χ0) is 29.1. The number of carbonyl (C=O) groups is 2. The molecule has 1 unspecified atom stereocenters. The predicted molar refractivity (Wildman–Crippen MR) is 159 cm³/mol. The van der Waals surface area contributed by atoms with E-state index in [4.69, 9.17) is 13.9 Å². The number of benzene rings is 2. The van der Waals surface area contributed by atoms with E-state index in [0.29, 0.717) is 34.6 Å². The maximum absolute atomic E-state index is 13.9. The van der Waals surface area contributed by atoms with Crippen molar-refractivity contribution in [3.8, 4) is 5.75 Å². The van der Waals surface area contributed by atoms with Gasteiger partial charge in [0.1, 0.15) is 22.8 Å². The predicted octanol–water partition coefficient (Wildman–Crippen LogP) is 6.92. The SMILES string of the molecule is C=CCOC(=O)c1sc(N2C(=O)c3oc4ccc(C)cc4c(=O)c3C2c2ccc(OCCCCCC)cc2)nc1C. The molecule has 9 heteroatoms. The fraction of sp³-hybridized carbons (Fsp3) is 0.312. The van der Waals surface area contributed by atoms with Crippen molar-refractivity contribution >= 4 is 39.3 Å². The van der Waals surface area contributed by atoms with Crippen molar-refractivity contribution in [2.24, 2.45) is 0 Å². The molecule has 0 aliphatic carbocycles. The van der Waals surface area contributed by atoms with Crippen LogP contribution in [-0.2, 0) is 4.74 Å². The molecule has 5 rings (SSSR count). The van der Waals surface area contributed by atoms with Crippen LogP contribution in [0.4, 0.5) is 5.13 Å². The van der Waals surface area contributed by atoms with E-state index in [1.54, 1.807) is 19.1 Å². The Kier molecular flexibility index (Phi) is 8.35. The van der Waals surface area contributed by atoms with Gasteiger partial charge in [-0.1, -0.05) is 73.9 Å². The quantitative estimate of drug-likeness (QED) is 0.109. The van der Waals surface area contributed by atoms with Crippen LogP contribution in [0.25, 0.3) is 11.0 Å². The van der Waals surface area contributed by atoms with E-state index in [9.17, 15) is 14.4 Å². The van der Waals surface area contributed by atoms with Crippen molar-refractivity contribution in [3.05, 3.63) is 98.4 Å². The van der Waals surface area contributed by atoms with Gasteiger partial charge in [0.2, 0.25) is 5.76 Å². The Hall–Kier alpha value is -4.24. The summed E-state index contributed by atoms with van der Waals surface area (Å²) in [5.41, 5.74) is 2.32. The van der Waals surface area contributed by atoms with Crippen LogP contribution in [0.2, 0.25) is 0 Å². The van der Waals surface area contributed by atoms with Crippen LogP contribution in [0, 0.1) is 13.8 Å². The highest BCUT2D eigenvalue weighted by Crippen LogP contribution is 2.43. The third-order valence-corrected chi connectivity index (χ3v) is 8.13. The number of hydrogen-bond donors (Lipinski definition) is 0.